The Balaban J connectivity index is 1.68. The fourth-order valence-electron chi connectivity index (χ4n) is 2.85. The predicted octanol–water partition coefficient (Wildman–Crippen LogP) is 5.67. The molecule has 0 amide bonds. The van der Waals surface area contributed by atoms with E-state index in [1.165, 1.54) is 5.56 Å². The van der Waals surface area contributed by atoms with Gasteiger partial charge in [-0.15, -0.1) is 11.3 Å². The second-order valence-corrected chi connectivity index (χ2v) is 7.52. The minimum Gasteiger partial charge on any atom is -0.481 e. The molecule has 5 nitrogen and oxygen atoms in total. The summed E-state index contributed by atoms with van der Waals surface area (Å²) in [7, 11) is 0. The van der Waals surface area contributed by atoms with Gasteiger partial charge < -0.3 is 9.52 Å². The summed E-state index contributed by atoms with van der Waals surface area (Å²) in [5, 5.41) is 9.92. The van der Waals surface area contributed by atoms with Crippen LogP contribution in [0.5, 0.6) is 0 Å². The number of carbonyl (C=O) groups is 1. The van der Waals surface area contributed by atoms with Crippen LogP contribution in [0.25, 0.3) is 33.3 Å². The van der Waals surface area contributed by atoms with Gasteiger partial charge in [0.05, 0.1) is 10.2 Å². The highest BCUT2D eigenvalue weighted by Gasteiger charge is 2.13. The van der Waals surface area contributed by atoms with E-state index in [9.17, 15) is 4.79 Å². The zero-order chi connectivity index (χ0) is 19.5. The molecular formula is C22H18N2O3S. The summed E-state index contributed by atoms with van der Waals surface area (Å²) in [4.78, 5) is 20.3. The molecule has 0 atom stereocenters. The van der Waals surface area contributed by atoms with Crippen LogP contribution in [0.1, 0.15) is 29.1 Å². The highest BCUT2D eigenvalue weighted by atomic mass is 32.1. The van der Waals surface area contributed by atoms with E-state index < -0.39 is 5.97 Å². The lowest BCUT2D eigenvalue weighted by Gasteiger charge is -2.01. The van der Waals surface area contributed by atoms with Gasteiger partial charge in [0.1, 0.15) is 17.0 Å². The molecule has 0 aliphatic carbocycles. The van der Waals surface area contributed by atoms with Crippen LogP contribution in [0.2, 0.25) is 0 Å². The van der Waals surface area contributed by atoms with E-state index in [1.54, 1.807) is 17.6 Å². The van der Waals surface area contributed by atoms with Crippen molar-refractivity contribution in [3.63, 3.8) is 0 Å². The summed E-state index contributed by atoms with van der Waals surface area (Å²) in [5.74, 6) is -0.305. The molecule has 28 heavy (non-hydrogen) atoms. The van der Waals surface area contributed by atoms with Crippen molar-refractivity contribution in [3.05, 3.63) is 71.1 Å². The van der Waals surface area contributed by atoms with Crippen LogP contribution >= 0.6 is 11.3 Å². The van der Waals surface area contributed by atoms with Gasteiger partial charge in [-0.2, -0.15) is 0 Å². The molecule has 0 unspecified atom stereocenters. The van der Waals surface area contributed by atoms with Crippen LogP contribution < -0.4 is 0 Å². The lowest BCUT2D eigenvalue weighted by molar-refractivity contribution is -0.136. The summed E-state index contributed by atoms with van der Waals surface area (Å²) in [5.41, 5.74) is 4.46. The summed E-state index contributed by atoms with van der Waals surface area (Å²) < 4.78 is 6.69. The molecule has 0 saturated heterocycles. The van der Waals surface area contributed by atoms with Gasteiger partial charge in [0, 0.05) is 12.0 Å². The van der Waals surface area contributed by atoms with Gasteiger partial charge in [-0.1, -0.05) is 29.8 Å². The fourth-order valence-corrected chi connectivity index (χ4v) is 3.86. The lowest BCUT2D eigenvalue weighted by Crippen LogP contribution is -1.95. The molecule has 0 fully saturated rings. The van der Waals surface area contributed by atoms with Crippen molar-refractivity contribution in [3.8, 4) is 11.5 Å². The molecule has 4 aromatic rings. The first-order valence-corrected chi connectivity index (χ1v) is 9.71. The summed E-state index contributed by atoms with van der Waals surface area (Å²) in [6.45, 7) is 2.03. The zero-order valence-corrected chi connectivity index (χ0v) is 16.1. The molecule has 2 aromatic heterocycles. The number of aromatic nitrogens is 2. The third-order valence-electron chi connectivity index (χ3n) is 4.32. The van der Waals surface area contributed by atoms with Crippen molar-refractivity contribution in [2.45, 2.75) is 19.8 Å². The van der Waals surface area contributed by atoms with Crippen LogP contribution in [0.4, 0.5) is 0 Å². The highest BCUT2D eigenvalue weighted by Crippen LogP contribution is 2.31. The Hall–Kier alpha value is -3.25. The number of aliphatic carboxylic acids is 1. The number of thiazole rings is 1. The SMILES string of the molecule is Cc1ccc(-c2nc(/C=C(\CCC(=O)O)c3nc4ccccc4s3)co2)cc1. The van der Waals surface area contributed by atoms with Crippen molar-refractivity contribution in [2.75, 3.05) is 0 Å². The van der Waals surface area contributed by atoms with Gasteiger partial charge in [0.15, 0.2) is 0 Å². The van der Waals surface area contributed by atoms with Crippen molar-refractivity contribution in [2.24, 2.45) is 0 Å². The third-order valence-corrected chi connectivity index (χ3v) is 5.43. The third kappa shape index (κ3) is 4.02. The molecule has 0 radical (unpaired) electrons. The Morgan fingerprint density at radius 2 is 1.89 bits per heavy atom. The maximum absolute atomic E-state index is 11.1. The van der Waals surface area contributed by atoms with E-state index in [2.05, 4.69) is 9.97 Å². The largest absolute Gasteiger partial charge is 0.481 e. The van der Waals surface area contributed by atoms with Gasteiger partial charge in [0.25, 0.3) is 0 Å². The van der Waals surface area contributed by atoms with Crippen LogP contribution in [0, 0.1) is 6.92 Å². The molecule has 6 heteroatoms. The smallest absolute Gasteiger partial charge is 0.303 e. The van der Waals surface area contributed by atoms with Crippen LogP contribution in [0.15, 0.2) is 59.2 Å². The Morgan fingerprint density at radius 3 is 2.64 bits per heavy atom. The number of para-hydroxylation sites is 1. The normalized spacial score (nSPS) is 11.8. The molecule has 0 aliphatic heterocycles. The maximum atomic E-state index is 11.1. The number of oxazole rings is 1. The van der Waals surface area contributed by atoms with Crippen LogP contribution in [-0.2, 0) is 4.79 Å². The number of carboxylic acid groups (broad SMARTS) is 1. The Kier molecular flexibility index (Phi) is 5.04. The van der Waals surface area contributed by atoms with Gasteiger partial charge in [-0.25, -0.2) is 9.97 Å². The van der Waals surface area contributed by atoms with Gasteiger partial charge in [-0.3, -0.25) is 4.79 Å². The Morgan fingerprint density at radius 1 is 1.11 bits per heavy atom. The van der Waals surface area contributed by atoms with Gasteiger partial charge in [0.2, 0.25) is 5.89 Å². The second-order valence-electron chi connectivity index (χ2n) is 6.49. The Labute approximate surface area is 166 Å². The first-order chi connectivity index (χ1) is 13.6. The average molecular weight is 390 g/mol. The molecular weight excluding hydrogens is 372 g/mol. The fraction of sp³-hybridized carbons (Fsp3) is 0.136. The van der Waals surface area contributed by atoms with Crippen LogP contribution in [-0.4, -0.2) is 21.0 Å². The first-order valence-electron chi connectivity index (χ1n) is 8.89. The second kappa shape index (κ2) is 7.78. The van der Waals surface area contributed by atoms with Gasteiger partial charge >= 0.3 is 5.97 Å². The molecule has 0 bridgehead atoms. The molecule has 140 valence electrons. The topological polar surface area (TPSA) is 76.2 Å². The van der Waals surface area contributed by atoms with E-state index >= 15 is 0 Å². The van der Waals surface area contributed by atoms with Crippen LogP contribution in [0.3, 0.4) is 0 Å². The summed E-state index contributed by atoms with van der Waals surface area (Å²) >= 11 is 1.55. The van der Waals surface area contributed by atoms with Crippen molar-refractivity contribution in [1.82, 2.24) is 9.97 Å². The average Bonchev–Trinajstić information content (AvgIpc) is 3.32. The molecule has 4 rings (SSSR count). The van der Waals surface area contributed by atoms with E-state index in [0.717, 1.165) is 26.4 Å². The molecule has 2 aromatic carbocycles. The molecule has 2 heterocycles. The van der Waals surface area contributed by atoms with E-state index in [4.69, 9.17) is 9.52 Å². The number of hydrogen-bond donors (Lipinski definition) is 1. The standard InChI is InChI=1S/C22H18N2O3S/c1-14-6-8-15(9-7-14)21-23-17(13-27-21)12-16(10-11-20(25)26)22-24-18-4-2-3-5-19(18)28-22/h2-9,12-13H,10-11H2,1H3,(H,25,26)/b16-12+. The van der Waals surface area contributed by atoms with E-state index in [1.807, 2.05) is 61.5 Å². The number of hydrogen-bond acceptors (Lipinski definition) is 5. The molecule has 0 saturated carbocycles. The maximum Gasteiger partial charge on any atom is 0.303 e. The predicted molar refractivity (Wildman–Crippen MR) is 111 cm³/mol. The quantitative estimate of drug-likeness (QED) is 0.459. The van der Waals surface area contributed by atoms with Crippen molar-refractivity contribution < 1.29 is 14.3 Å². The minimum absolute atomic E-state index is 0.0322. The monoisotopic (exact) mass is 390 g/mol. The number of rotatable bonds is 6. The number of benzene rings is 2. The lowest BCUT2D eigenvalue weighted by atomic mass is 10.1. The van der Waals surface area contributed by atoms with E-state index in [-0.39, 0.29) is 6.42 Å². The summed E-state index contributed by atoms with van der Waals surface area (Å²) in [6.07, 6.45) is 3.86. The number of carboxylic acids is 1. The molecule has 0 aliphatic rings. The number of nitrogens with zero attached hydrogens (tertiary/aromatic N) is 2. The van der Waals surface area contributed by atoms with Gasteiger partial charge in [-0.05, 0) is 49.3 Å². The number of allylic oxidation sites excluding steroid dienone is 1. The number of fused-ring (bicyclic) bond motifs is 1. The zero-order valence-electron chi connectivity index (χ0n) is 15.3. The molecule has 0 spiro atoms. The number of aryl methyl sites for hydroxylation is 1. The first kappa shape index (κ1) is 18.1. The molecule has 1 N–H and O–H groups in total. The van der Waals surface area contributed by atoms with Crippen molar-refractivity contribution >= 4 is 39.2 Å². The minimum atomic E-state index is -0.840. The highest BCUT2D eigenvalue weighted by molar-refractivity contribution is 7.19. The van der Waals surface area contributed by atoms with Crippen molar-refractivity contribution in [1.29, 1.82) is 0 Å². The summed E-state index contributed by atoms with van der Waals surface area (Å²) in [6, 6.07) is 15.8. The van der Waals surface area contributed by atoms with E-state index in [0.29, 0.717) is 18.0 Å². The Bertz CT molecular complexity index is 1120.